The van der Waals surface area contributed by atoms with Crippen LogP contribution in [0, 0.1) is 21.7 Å². The number of nitrogens with zero attached hydrogens (tertiary/aromatic N) is 1. The molecule has 0 spiro atoms. The Balaban J connectivity index is 3.14. The predicted molar refractivity (Wildman–Crippen MR) is 84.1 cm³/mol. The molecule has 7 nitrogen and oxygen atoms in total. The molecular formula is C16H18F2N2O5. The maximum absolute atomic E-state index is 13.9. The Labute approximate surface area is 142 Å². The lowest BCUT2D eigenvalue weighted by Crippen LogP contribution is -2.27. The number of benzene rings is 1. The molecule has 0 bridgehead atoms. The van der Waals surface area contributed by atoms with Crippen molar-refractivity contribution in [2.24, 2.45) is 0 Å². The molecular weight excluding hydrogens is 338 g/mol. The fraction of sp³-hybridized carbons (Fsp3) is 0.375. The number of nitro groups is 1. The summed E-state index contributed by atoms with van der Waals surface area (Å²) in [5.74, 6) is -4.69. The van der Waals surface area contributed by atoms with Crippen molar-refractivity contribution in [1.29, 1.82) is 0 Å². The van der Waals surface area contributed by atoms with Gasteiger partial charge < -0.3 is 10.1 Å². The number of hydrogen-bond acceptors (Lipinski definition) is 5. The molecule has 0 aromatic heterocycles. The molecule has 0 aliphatic carbocycles. The Hall–Kier alpha value is -2.84. The van der Waals surface area contributed by atoms with Crippen molar-refractivity contribution >= 4 is 11.9 Å². The molecule has 0 aliphatic heterocycles. The fourth-order valence-electron chi connectivity index (χ4n) is 2.16. The van der Waals surface area contributed by atoms with Crippen LogP contribution in [-0.2, 0) is 14.3 Å². The largest absolute Gasteiger partial charge is 0.461 e. The Bertz CT molecular complexity index is 691. The second kappa shape index (κ2) is 9.45. The summed E-state index contributed by atoms with van der Waals surface area (Å²) in [6.07, 6.45) is 1.04. The number of halogens is 2. The highest BCUT2D eigenvalue weighted by Crippen LogP contribution is 2.25. The molecule has 1 aromatic rings. The number of amides is 1. The Morgan fingerprint density at radius 1 is 1.40 bits per heavy atom. The van der Waals surface area contributed by atoms with Gasteiger partial charge in [-0.05, 0) is 19.4 Å². The molecule has 0 saturated heterocycles. The molecule has 0 radical (unpaired) electrons. The summed E-state index contributed by atoms with van der Waals surface area (Å²) in [5, 5.41) is 13.1. The van der Waals surface area contributed by atoms with Crippen LogP contribution >= 0.6 is 0 Å². The third-order valence-electron chi connectivity index (χ3n) is 3.20. The van der Waals surface area contributed by atoms with E-state index >= 15 is 0 Å². The normalized spacial score (nSPS) is 12.4. The molecule has 0 heterocycles. The predicted octanol–water partition coefficient (Wildman–Crippen LogP) is 2.30. The van der Waals surface area contributed by atoms with Gasteiger partial charge in [-0.25, -0.2) is 13.6 Å². The quantitative estimate of drug-likeness (QED) is 0.333. The van der Waals surface area contributed by atoms with Gasteiger partial charge in [0.2, 0.25) is 12.5 Å². The van der Waals surface area contributed by atoms with Crippen LogP contribution in [0.5, 0.6) is 0 Å². The van der Waals surface area contributed by atoms with E-state index in [2.05, 4.69) is 5.32 Å². The van der Waals surface area contributed by atoms with E-state index in [0.717, 1.165) is 6.07 Å². The molecule has 9 heteroatoms. The van der Waals surface area contributed by atoms with Crippen molar-refractivity contribution in [2.75, 3.05) is 13.2 Å². The number of hydrogen-bond donors (Lipinski definition) is 1. The molecule has 1 aromatic carbocycles. The maximum Gasteiger partial charge on any atom is 0.354 e. The number of rotatable bonds is 8. The van der Waals surface area contributed by atoms with Gasteiger partial charge in [-0.2, -0.15) is 0 Å². The van der Waals surface area contributed by atoms with Crippen LogP contribution in [0.3, 0.4) is 0 Å². The van der Waals surface area contributed by atoms with Gasteiger partial charge in [-0.1, -0.05) is 18.2 Å². The topological polar surface area (TPSA) is 98.5 Å². The van der Waals surface area contributed by atoms with Gasteiger partial charge in [-0.15, -0.1) is 0 Å². The summed E-state index contributed by atoms with van der Waals surface area (Å²) >= 11 is 0. The van der Waals surface area contributed by atoms with Crippen molar-refractivity contribution in [3.05, 3.63) is 57.3 Å². The van der Waals surface area contributed by atoms with E-state index in [1.54, 1.807) is 6.92 Å². The minimum Gasteiger partial charge on any atom is -0.461 e. The van der Waals surface area contributed by atoms with Crippen molar-refractivity contribution in [3.8, 4) is 0 Å². The first kappa shape index (κ1) is 20.2. The average molecular weight is 356 g/mol. The van der Waals surface area contributed by atoms with Crippen molar-refractivity contribution in [2.45, 2.75) is 26.2 Å². The van der Waals surface area contributed by atoms with E-state index in [0.29, 0.717) is 0 Å². The molecule has 1 atom stereocenters. The first-order valence-corrected chi connectivity index (χ1v) is 7.46. The summed E-state index contributed by atoms with van der Waals surface area (Å²) in [5.41, 5.74) is -0.390. The van der Waals surface area contributed by atoms with E-state index < -0.39 is 40.9 Å². The van der Waals surface area contributed by atoms with Crippen LogP contribution < -0.4 is 5.32 Å². The van der Waals surface area contributed by atoms with Crippen molar-refractivity contribution < 1.29 is 28.0 Å². The lowest BCUT2D eigenvalue weighted by atomic mass is 9.94. The van der Waals surface area contributed by atoms with Gasteiger partial charge in [0.15, 0.2) is 11.6 Å². The van der Waals surface area contributed by atoms with Crippen LogP contribution in [0.1, 0.15) is 31.7 Å². The SMILES string of the molecule is CCOC(=O)/C(=C/C[C@H](C[N+](=O)[O-])c1cccc(F)c1F)NC(C)=O. The zero-order valence-corrected chi connectivity index (χ0v) is 13.8. The highest BCUT2D eigenvalue weighted by atomic mass is 19.2. The molecule has 0 fully saturated rings. The van der Waals surface area contributed by atoms with Gasteiger partial charge in [0, 0.05) is 17.4 Å². The van der Waals surface area contributed by atoms with Gasteiger partial charge in [0.1, 0.15) is 5.70 Å². The average Bonchev–Trinajstić information content (AvgIpc) is 2.52. The third-order valence-corrected chi connectivity index (χ3v) is 3.20. The third kappa shape index (κ3) is 6.28. The van der Waals surface area contributed by atoms with Gasteiger partial charge in [0.25, 0.3) is 0 Å². The van der Waals surface area contributed by atoms with Crippen molar-refractivity contribution in [1.82, 2.24) is 5.32 Å². The molecule has 136 valence electrons. The second-order valence-electron chi connectivity index (χ2n) is 5.11. The van der Waals surface area contributed by atoms with E-state index in [-0.39, 0.29) is 24.3 Å². The molecule has 1 rings (SSSR count). The highest BCUT2D eigenvalue weighted by Gasteiger charge is 2.23. The summed E-state index contributed by atoms with van der Waals surface area (Å²) in [6.45, 7) is 2.13. The van der Waals surface area contributed by atoms with E-state index in [4.69, 9.17) is 4.74 Å². The lowest BCUT2D eigenvalue weighted by Gasteiger charge is -2.14. The monoisotopic (exact) mass is 356 g/mol. The van der Waals surface area contributed by atoms with Crippen LogP contribution in [0.25, 0.3) is 0 Å². The van der Waals surface area contributed by atoms with E-state index in [1.807, 2.05) is 0 Å². The summed E-state index contributed by atoms with van der Waals surface area (Å²) in [4.78, 5) is 33.2. The number of carbonyl (C=O) groups excluding carboxylic acids is 2. The lowest BCUT2D eigenvalue weighted by molar-refractivity contribution is -0.483. The van der Waals surface area contributed by atoms with Crippen LogP contribution in [0.15, 0.2) is 30.0 Å². The fourth-order valence-corrected chi connectivity index (χ4v) is 2.16. The minimum absolute atomic E-state index is 0.0621. The minimum atomic E-state index is -1.18. The number of allylic oxidation sites excluding steroid dienone is 1. The Morgan fingerprint density at radius 3 is 2.64 bits per heavy atom. The van der Waals surface area contributed by atoms with E-state index in [9.17, 15) is 28.5 Å². The molecule has 0 aliphatic rings. The molecule has 0 saturated carbocycles. The summed E-state index contributed by atoms with van der Waals surface area (Å²) in [6, 6.07) is 3.38. The van der Waals surface area contributed by atoms with Crippen LogP contribution in [0.4, 0.5) is 8.78 Å². The number of ether oxygens (including phenoxy) is 1. The van der Waals surface area contributed by atoms with Gasteiger partial charge >= 0.3 is 5.97 Å². The molecule has 1 N–H and O–H groups in total. The summed E-state index contributed by atoms with van der Waals surface area (Å²) < 4.78 is 32.1. The number of nitrogens with one attached hydrogen (secondary N) is 1. The first-order valence-electron chi connectivity index (χ1n) is 7.46. The first-order chi connectivity index (χ1) is 11.8. The molecule has 0 unspecified atom stereocenters. The van der Waals surface area contributed by atoms with Crippen LogP contribution in [0.2, 0.25) is 0 Å². The standard InChI is InChI=1S/C16H18F2N2O5/c1-3-25-16(22)14(19-10(2)21)8-7-11(9-20(23)24)12-5-4-6-13(17)15(12)18/h4-6,8,11H,3,7,9H2,1-2H3,(H,19,21)/b14-8-/t11-/m1/s1. The zero-order valence-electron chi connectivity index (χ0n) is 13.8. The molecule has 1 amide bonds. The Morgan fingerprint density at radius 2 is 2.08 bits per heavy atom. The smallest absolute Gasteiger partial charge is 0.354 e. The second-order valence-corrected chi connectivity index (χ2v) is 5.11. The number of carbonyl (C=O) groups is 2. The van der Waals surface area contributed by atoms with Crippen LogP contribution in [-0.4, -0.2) is 30.0 Å². The summed E-state index contributed by atoms with van der Waals surface area (Å²) in [7, 11) is 0. The highest BCUT2D eigenvalue weighted by molar-refractivity contribution is 5.93. The molecule has 25 heavy (non-hydrogen) atoms. The van der Waals surface area contributed by atoms with Gasteiger partial charge in [-0.3, -0.25) is 14.9 Å². The van der Waals surface area contributed by atoms with E-state index in [1.165, 1.54) is 25.1 Å². The zero-order chi connectivity index (χ0) is 19.0. The van der Waals surface area contributed by atoms with Gasteiger partial charge in [0.05, 0.1) is 12.5 Å². The Kier molecular flexibility index (Phi) is 7.64. The maximum atomic E-state index is 13.9. The van der Waals surface area contributed by atoms with Crippen molar-refractivity contribution in [3.63, 3.8) is 0 Å². The number of esters is 1.